The predicted octanol–water partition coefficient (Wildman–Crippen LogP) is 2.60. The fourth-order valence-electron chi connectivity index (χ4n) is 2.88. The van der Waals surface area contributed by atoms with Crippen molar-refractivity contribution in [3.63, 3.8) is 0 Å². The summed E-state index contributed by atoms with van der Waals surface area (Å²) in [6, 6.07) is 3.72. The van der Waals surface area contributed by atoms with Gasteiger partial charge in [0.1, 0.15) is 11.3 Å². The van der Waals surface area contributed by atoms with Crippen molar-refractivity contribution in [3.05, 3.63) is 48.8 Å². The molecule has 0 aliphatic carbocycles. The Morgan fingerprint density at radius 2 is 1.74 bits per heavy atom. The van der Waals surface area contributed by atoms with Crippen LogP contribution in [0.4, 0.5) is 17.1 Å². The van der Waals surface area contributed by atoms with Crippen LogP contribution in [-0.4, -0.2) is 22.9 Å². The van der Waals surface area contributed by atoms with Crippen LogP contribution in [0.5, 0.6) is 0 Å². The van der Waals surface area contributed by atoms with E-state index in [1.54, 1.807) is 4.90 Å². The number of non-ortho nitro benzene ring substituents is 1. The van der Waals surface area contributed by atoms with E-state index in [4.69, 9.17) is 4.42 Å². The van der Waals surface area contributed by atoms with Gasteiger partial charge in [-0.25, -0.2) is 4.79 Å². The lowest BCUT2D eigenvalue weighted by Crippen LogP contribution is -2.31. The first kappa shape index (κ1) is 14.9. The van der Waals surface area contributed by atoms with Gasteiger partial charge in [0.25, 0.3) is 5.69 Å². The van der Waals surface area contributed by atoms with Gasteiger partial charge < -0.3 is 9.32 Å². The highest BCUT2D eigenvalue weighted by Crippen LogP contribution is 2.36. The van der Waals surface area contributed by atoms with Crippen LogP contribution >= 0.6 is 0 Å². The van der Waals surface area contributed by atoms with Crippen LogP contribution < -0.4 is 10.5 Å². The molecule has 1 aliphatic rings. The molecule has 23 heavy (non-hydrogen) atoms. The summed E-state index contributed by atoms with van der Waals surface area (Å²) in [5.41, 5.74) is -1.70. The fourth-order valence-corrected chi connectivity index (χ4v) is 2.88. The Morgan fingerprint density at radius 3 is 2.35 bits per heavy atom. The Hall–Kier alpha value is -2.97. The lowest BCUT2D eigenvalue weighted by Gasteiger charge is -2.28. The number of nitro groups is 2. The molecule has 1 aromatic carbocycles. The zero-order chi connectivity index (χ0) is 16.6. The molecule has 9 heteroatoms. The quantitative estimate of drug-likeness (QED) is 0.484. The first-order valence-electron chi connectivity index (χ1n) is 7.13. The Labute approximate surface area is 129 Å². The van der Waals surface area contributed by atoms with Crippen molar-refractivity contribution in [1.82, 2.24) is 0 Å². The molecule has 1 aliphatic heterocycles. The molecule has 1 aromatic heterocycles. The number of rotatable bonds is 3. The third kappa shape index (κ3) is 2.60. The molecule has 3 rings (SSSR count). The van der Waals surface area contributed by atoms with Gasteiger partial charge in [-0.1, -0.05) is 0 Å². The third-order valence-electron chi connectivity index (χ3n) is 3.90. The zero-order valence-corrected chi connectivity index (χ0v) is 12.1. The Balaban J connectivity index is 2.35. The molecule has 0 bridgehead atoms. The normalized spacial score (nSPS) is 14.9. The number of piperidine rings is 1. The van der Waals surface area contributed by atoms with E-state index in [-0.39, 0.29) is 22.3 Å². The smallest absolute Gasteiger partial charge is 0.417 e. The monoisotopic (exact) mass is 319 g/mol. The lowest BCUT2D eigenvalue weighted by atomic mass is 10.1. The van der Waals surface area contributed by atoms with Crippen LogP contribution in [0.25, 0.3) is 11.0 Å². The van der Waals surface area contributed by atoms with Crippen molar-refractivity contribution < 1.29 is 14.3 Å². The molecular weight excluding hydrogens is 306 g/mol. The highest BCUT2D eigenvalue weighted by Gasteiger charge is 2.30. The van der Waals surface area contributed by atoms with Gasteiger partial charge in [-0.3, -0.25) is 20.2 Å². The summed E-state index contributed by atoms with van der Waals surface area (Å²) in [4.78, 5) is 34.7. The number of hydrogen-bond acceptors (Lipinski definition) is 7. The Bertz CT molecular complexity index is 853. The molecule has 1 saturated heterocycles. The van der Waals surface area contributed by atoms with E-state index in [9.17, 15) is 25.0 Å². The van der Waals surface area contributed by atoms with Gasteiger partial charge in [-0.2, -0.15) is 0 Å². The van der Waals surface area contributed by atoms with Crippen molar-refractivity contribution in [1.29, 1.82) is 0 Å². The van der Waals surface area contributed by atoms with Crippen molar-refractivity contribution in [3.8, 4) is 0 Å². The zero-order valence-electron chi connectivity index (χ0n) is 12.1. The maximum Gasteiger partial charge on any atom is 0.417 e. The van der Waals surface area contributed by atoms with Gasteiger partial charge in [-0.05, 0) is 25.3 Å². The van der Waals surface area contributed by atoms with Crippen molar-refractivity contribution in [2.45, 2.75) is 19.3 Å². The van der Waals surface area contributed by atoms with E-state index >= 15 is 0 Å². The number of nitro benzene ring substituents is 1. The molecule has 0 radical (unpaired) electrons. The molecule has 0 N–H and O–H groups in total. The summed E-state index contributed by atoms with van der Waals surface area (Å²) in [5, 5.41) is 22.5. The number of fused-ring (bicyclic) bond motifs is 1. The molecule has 0 atom stereocenters. The van der Waals surface area contributed by atoms with E-state index in [1.807, 2.05) is 0 Å². The van der Waals surface area contributed by atoms with Crippen molar-refractivity contribution in [2.75, 3.05) is 18.0 Å². The average Bonchev–Trinajstić information content (AvgIpc) is 2.53. The first-order valence-corrected chi connectivity index (χ1v) is 7.13. The molecule has 0 saturated carbocycles. The average molecular weight is 319 g/mol. The van der Waals surface area contributed by atoms with Crippen LogP contribution in [0.1, 0.15) is 19.3 Å². The Morgan fingerprint density at radius 1 is 1.04 bits per heavy atom. The summed E-state index contributed by atoms with van der Waals surface area (Å²) in [6.07, 6.45) is 2.69. The molecular formula is C14H13N3O6. The summed E-state index contributed by atoms with van der Waals surface area (Å²) in [5.74, 6) is 0. The van der Waals surface area contributed by atoms with E-state index in [1.165, 1.54) is 18.2 Å². The molecule has 1 fully saturated rings. The summed E-state index contributed by atoms with van der Waals surface area (Å²) >= 11 is 0. The SMILES string of the molecule is O=c1oc2ccc([N+](=O)[O-])cc2c(N2CCCCC2)c1[N+](=O)[O-]. The minimum Gasteiger partial charge on any atom is -0.418 e. The summed E-state index contributed by atoms with van der Waals surface area (Å²) in [7, 11) is 0. The lowest BCUT2D eigenvalue weighted by molar-refractivity contribution is -0.386. The van der Waals surface area contributed by atoms with E-state index in [0.29, 0.717) is 13.1 Å². The van der Waals surface area contributed by atoms with Crippen molar-refractivity contribution in [2.24, 2.45) is 0 Å². The number of nitrogens with zero attached hydrogens (tertiary/aromatic N) is 3. The first-order chi connectivity index (χ1) is 11.0. The van der Waals surface area contributed by atoms with Crippen LogP contribution in [-0.2, 0) is 0 Å². The predicted molar refractivity (Wildman–Crippen MR) is 81.9 cm³/mol. The minimum absolute atomic E-state index is 0.103. The second kappa shape index (κ2) is 5.67. The van der Waals surface area contributed by atoms with Gasteiger partial charge in [-0.15, -0.1) is 0 Å². The highest BCUT2D eigenvalue weighted by molar-refractivity contribution is 5.96. The second-order valence-electron chi connectivity index (χ2n) is 5.33. The highest BCUT2D eigenvalue weighted by atomic mass is 16.6. The molecule has 9 nitrogen and oxygen atoms in total. The maximum absolute atomic E-state index is 12.0. The molecule has 2 heterocycles. The number of benzene rings is 1. The van der Waals surface area contributed by atoms with Gasteiger partial charge in [0.15, 0.2) is 0 Å². The van der Waals surface area contributed by atoms with Crippen LogP contribution in [0.3, 0.4) is 0 Å². The number of hydrogen-bond donors (Lipinski definition) is 0. The molecule has 2 aromatic rings. The maximum atomic E-state index is 12.0. The molecule has 0 unspecified atom stereocenters. The summed E-state index contributed by atoms with van der Waals surface area (Å²) < 4.78 is 4.97. The number of anilines is 1. The fraction of sp³-hybridized carbons (Fsp3) is 0.357. The largest absolute Gasteiger partial charge is 0.418 e. The standard InChI is InChI=1S/C14H13N3O6/c18-14-13(17(21)22)12(15-6-2-1-3-7-15)10-8-9(16(19)20)4-5-11(10)23-14/h4-5,8H,1-3,6-7H2. The minimum atomic E-state index is -1.04. The van der Waals surface area contributed by atoms with Crippen LogP contribution in [0.2, 0.25) is 0 Å². The third-order valence-corrected chi connectivity index (χ3v) is 3.90. The van der Waals surface area contributed by atoms with Gasteiger partial charge >= 0.3 is 11.3 Å². The van der Waals surface area contributed by atoms with Gasteiger partial charge in [0, 0.05) is 25.2 Å². The van der Waals surface area contributed by atoms with Crippen LogP contribution in [0, 0.1) is 20.2 Å². The summed E-state index contributed by atoms with van der Waals surface area (Å²) in [6.45, 7) is 1.12. The second-order valence-corrected chi connectivity index (χ2v) is 5.33. The topological polar surface area (TPSA) is 120 Å². The van der Waals surface area contributed by atoms with Crippen LogP contribution in [0.15, 0.2) is 27.4 Å². The molecule has 120 valence electrons. The molecule has 0 spiro atoms. The van der Waals surface area contributed by atoms with E-state index in [2.05, 4.69) is 0 Å². The Kier molecular flexibility index (Phi) is 3.68. The van der Waals surface area contributed by atoms with Gasteiger partial charge in [0.2, 0.25) is 0 Å². The molecule has 0 amide bonds. The van der Waals surface area contributed by atoms with Gasteiger partial charge in [0.05, 0.1) is 15.2 Å². The van der Waals surface area contributed by atoms with E-state index in [0.717, 1.165) is 19.3 Å². The van der Waals surface area contributed by atoms with Crippen molar-refractivity contribution >= 4 is 28.0 Å². The van der Waals surface area contributed by atoms with E-state index < -0.39 is 21.2 Å².